The molecule has 5 heteroatoms. The molecular formula is C13H17ClFN3. The topological polar surface area (TPSA) is 29.9 Å². The minimum atomic E-state index is -0.390. The standard InChI is InChI=1S/C13H16FN3.ClH/c1-11-13(10-17(16-11)8-7-14)15-9-12-5-3-2-4-6-12;/h2-6,10,15H,7-9H2,1H3;1H. The van der Waals surface area contributed by atoms with E-state index >= 15 is 0 Å². The Balaban J connectivity index is 0.00000162. The van der Waals surface area contributed by atoms with Gasteiger partial charge in [-0.2, -0.15) is 5.10 Å². The predicted molar refractivity (Wildman–Crippen MR) is 74.0 cm³/mol. The summed E-state index contributed by atoms with van der Waals surface area (Å²) in [4.78, 5) is 0. The maximum Gasteiger partial charge on any atom is 0.109 e. The number of alkyl halides is 1. The fraction of sp³-hybridized carbons (Fsp3) is 0.308. The third kappa shape index (κ3) is 3.74. The van der Waals surface area contributed by atoms with E-state index in [1.54, 1.807) is 4.68 Å². The van der Waals surface area contributed by atoms with Gasteiger partial charge in [0.05, 0.1) is 17.9 Å². The molecule has 98 valence electrons. The lowest BCUT2D eigenvalue weighted by Gasteiger charge is -2.04. The van der Waals surface area contributed by atoms with Gasteiger partial charge in [-0.1, -0.05) is 30.3 Å². The molecule has 0 unspecified atom stereocenters. The van der Waals surface area contributed by atoms with E-state index in [-0.39, 0.29) is 19.1 Å². The summed E-state index contributed by atoms with van der Waals surface area (Å²) in [6, 6.07) is 10.1. The van der Waals surface area contributed by atoms with Gasteiger partial charge in [0.2, 0.25) is 0 Å². The highest BCUT2D eigenvalue weighted by atomic mass is 35.5. The van der Waals surface area contributed by atoms with Crippen molar-refractivity contribution in [3.8, 4) is 0 Å². The molecular weight excluding hydrogens is 253 g/mol. The zero-order valence-corrected chi connectivity index (χ0v) is 11.1. The molecule has 2 rings (SSSR count). The lowest BCUT2D eigenvalue weighted by atomic mass is 10.2. The molecule has 0 bridgehead atoms. The second kappa shape index (κ2) is 7.01. The highest BCUT2D eigenvalue weighted by molar-refractivity contribution is 5.85. The fourth-order valence-electron chi connectivity index (χ4n) is 1.69. The first-order chi connectivity index (χ1) is 8.29. The van der Waals surface area contributed by atoms with Crippen LogP contribution in [-0.2, 0) is 13.1 Å². The van der Waals surface area contributed by atoms with E-state index in [4.69, 9.17) is 0 Å². The van der Waals surface area contributed by atoms with Gasteiger partial charge in [-0.15, -0.1) is 12.4 Å². The van der Waals surface area contributed by atoms with E-state index in [9.17, 15) is 4.39 Å². The molecule has 0 fully saturated rings. The van der Waals surface area contributed by atoms with Gasteiger partial charge in [-0.25, -0.2) is 4.39 Å². The van der Waals surface area contributed by atoms with Crippen molar-refractivity contribution >= 4 is 18.1 Å². The number of aryl methyl sites for hydroxylation is 2. The summed E-state index contributed by atoms with van der Waals surface area (Å²) in [6.07, 6.45) is 1.85. The van der Waals surface area contributed by atoms with E-state index in [1.165, 1.54) is 5.56 Å². The molecule has 1 N–H and O–H groups in total. The molecule has 0 atom stereocenters. The van der Waals surface area contributed by atoms with Gasteiger partial charge in [-0.05, 0) is 12.5 Å². The Labute approximate surface area is 112 Å². The smallest absolute Gasteiger partial charge is 0.109 e. The molecule has 0 amide bonds. The SMILES string of the molecule is Cc1nn(CCF)cc1NCc1ccccc1.Cl. The number of hydrogen-bond donors (Lipinski definition) is 1. The first-order valence-corrected chi connectivity index (χ1v) is 5.67. The number of nitrogens with zero attached hydrogens (tertiary/aromatic N) is 2. The summed E-state index contributed by atoms with van der Waals surface area (Å²) >= 11 is 0. The summed E-state index contributed by atoms with van der Waals surface area (Å²) in [6.45, 7) is 2.60. The molecule has 0 spiro atoms. The molecule has 0 aliphatic carbocycles. The summed E-state index contributed by atoms with van der Waals surface area (Å²) in [5, 5.41) is 7.53. The van der Waals surface area contributed by atoms with Gasteiger partial charge in [-0.3, -0.25) is 4.68 Å². The Bertz CT molecular complexity index is 470. The Kier molecular flexibility index (Phi) is 5.65. The first-order valence-electron chi connectivity index (χ1n) is 5.67. The maximum absolute atomic E-state index is 12.2. The van der Waals surface area contributed by atoms with Crippen molar-refractivity contribution in [2.45, 2.75) is 20.0 Å². The number of nitrogens with one attached hydrogen (secondary N) is 1. The molecule has 3 nitrogen and oxygen atoms in total. The molecule has 1 aromatic carbocycles. The van der Waals surface area contributed by atoms with Gasteiger partial charge in [0, 0.05) is 12.7 Å². The van der Waals surface area contributed by atoms with Crippen LogP contribution >= 0.6 is 12.4 Å². The fourth-order valence-corrected chi connectivity index (χ4v) is 1.69. The van der Waals surface area contributed by atoms with Crippen LogP contribution in [0.4, 0.5) is 10.1 Å². The molecule has 1 heterocycles. The Morgan fingerprint density at radius 3 is 2.67 bits per heavy atom. The van der Waals surface area contributed by atoms with Crippen molar-refractivity contribution in [2.75, 3.05) is 12.0 Å². The van der Waals surface area contributed by atoms with Crippen LogP contribution in [0.15, 0.2) is 36.5 Å². The number of anilines is 1. The van der Waals surface area contributed by atoms with Crippen molar-refractivity contribution in [1.82, 2.24) is 9.78 Å². The molecule has 0 radical (unpaired) electrons. The van der Waals surface area contributed by atoms with Crippen LogP contribution in [0.5, 0.6) is 0 Å². The molecule has 0 aliphatic heterocycles. The number of aromatic nitrogens is 2. The first kappa shape index (κ1) is 14.5. The maximum atomic E-state index is 12.2. The summed E-state index contributed by atoms with van der Waals surface area (Å²) in [7, 11) is 0. The van der Waals surface area contributed by atoms with Crippen molar-refractivity contribution in [1.29, 1.82) is 0 Å². The predicted octanol–water partition coefficient (Wildman–Crippen LogP) is 3.19. The number of halogens is 2. The summed E-state index contributed by atoms with van der Waals surface area (Å²) in [5.41, 5.74) is 3.07. The lowest BCUT2D eigenvalue weighted by Crippen LogP contribution is -2.00. The Morgan fingerprint density at radius 2 is 2.00 bits per heavy atom. The van der Waals surface area contributed by atoms with Crippen LogP contribution in [0.2, 0.25) is 0 Å². The second-order valence-electron chi connectivity index (χ2n) is 3.92. The molecule has 0 saturated carbocycles. The van der Waals surface area contributed by atoms with E-state index in [0.29, 0.717) is 6.54 Å². The van der Waals surface area contributed by atoms with Gasteiger partial charge in [0.1, 0.15) is 6.67 Å². The Hall–Kier alpha value is -1.55. The van der Waals surface area contributed by atoms with Crippen LogP contribution < -0.4 is 5.32 Å². The van der Waals surface area contributed by atoms with Crippen molar-refractivity contribution in [3.05, 3.63) is 47.8 Å². The monoisotopic (exact) mass is 269 g/mol. The average Bonchev–Trinajstić information content (AvgIpc) is 2.69. The molecule has 0 aliphatic rings. The molecule has 1 aromatic heterocycles. The van der Waals surface area contributed by atoms with Crippen molar-refractivity contribution in [3.63, 3.8) is 0 Å². The molecule has 2 aromatic rings. The van der Waals surface area contributed by atoms with Crippen LogP contribution in [0, 0.1) is 6.92 Å². The molecule has 18 heavy (non-hydrogen) atoms. The largest absolute Gasteiger partial charge is 0.378 e. The van der Waals surface area contributed by atoms with Crippen LogP contribution in [0.1, 0.15) is 11.3 Å². The number of benzene rings is 1. The Morgan fingerprint density at radius 1 is 1.28 bits per heavy atom. The van der Waals surface area contributed by atoms with Gasteiger partial charge in [0.15, 0.2) is 0 Å². The van der Waals surface area contributed by atoms with E-state index < -0.39 is 0 Å². The summed E-state index contributed by atoms with van der Waals surface area (Å²) < 4.78 is 13.8. The normalized spacial score (nSPS) is 9.89. The highest BCUT2D eigenvalue weighted by Gasteiger charge is 2.03. The third-order valence-corrected chi connectivity index (χ3v) is 2.59. The third-order valence-electron chi connectivity index (χ3n) is 2.59. The van der Waals surface area contributed by atoms with E-state index in [1.807, 2.05) is 31.3 Å². The summed E-state index contributed by atoms with van der Waals surface area (Å²) in [5.74, 6) is 0. The van der Waals surface area contributed by atoms with Gasteiger partial charge >= 0.3 is 0 Å². The van der Waals surface area contributed by atoms with Gasteiger partial charge in [0.25, 0.3) is 0 Å². The van der Waals surface area contributed by atoms with Crippen LogP contribution in [-0.4, -0.2) is 16.5 Å². The second-order valence-corrected chi connectivity index (χ2v) is 3.92. The number of hydrogen-bond acceptors (Lipinski definition) is 2. The van der Waals surface area contributed by atoms with E-state index in [2.05, 4.69) is 22.5 Å². The minimum absolute atomic E-state index is 0. The number of rotatable bonds is 5. The highest BCUT2D eigenvalue weighted by Crippen LogP contribution is 2.13. The quantitative estimate of drug-likeness (QED) is 0.903. The zero-order chi connectivity index (χ0) is 12.1. The van der Waals surface area contributed by atoms with Crippen molar-refractivity contribution < 1.29 is 4.39 Å². The minimum Gasteiger partial charge on any atom is -0.378 e. The van der Waals surface area contributed by atoms with Crippen LogP contribution in [0.25, 0.3) is 0 Å². The van der Waals surface area contributed by atoms with Crippen LogP contribution in [0.3, 0.4) is 0 Å². The average molecular weight is 270 g/mol. The zero-order valence-electron chi connectivity index (χ0n) is 10.3. The van der Waals surface area contributed by atoms with Gasteiger partial charge < -0.3 is 5.32 Å². The molecule has 0 saturated heterocycles. The lowest BCUT2D eigenvalue weighted by molar-refractivity contribution is 0.426. The van der Waals surface area contributed by atoms with E-state index in [0.717, 1.165) is 17.9 Å². The van der Waals surface area contributed by atoms with Crippen molar-refractivity contribution in [2.24, 2.45) is 0 Å².